The van der Waals surface area contributed by atoms with Crippen molar-refractivity contribution in [3.63, 3.8) is 0 Å². The number of benzene rings is 2. The first kappa shape index (κ1) is 25.0. The Morgan fingerprint density at radius 2 is 1.58 bits per heavy atom. The van der Waals surface area contributed by atoms with Gasteiger partial charge in [0.1, 0.15) is 0 Å². The molecular formula is C28H35N3O4S. The van der Waals surface area contributed by atoms with Crippen LogP contribution in [0.2, 0.25) is 0 Å². The van der Waals surface area contributed by atoms with Crippen molar-refractivity contribution in [3.8, 4) is 0 Å². The van der Waals surface area contributed by atoms with Crippen LogP contribution in [0.3, 0.4) is 0 Å². The summed E-state index contributed by atoms with van der Waals surface area (Å²) >= 11 is 0. The fourth-order valence-corrected chi connectivity index (χ4v) is 7.77. The standard InChI is InChI=1S/C28H35N3O4S/c32-27-25-18-23(28(33)30-17-14-21-10-6-7-11-22(21)20-30)19-26(25)31(16-9-2-1-8-15-29-27)36(34,35)24-12-4-3-5-13-24/h3-7,10-13,23,25-26H,1-2,8-9,14-20H2,(H,29,32)/t23-,25-,26+/m1/s1. The molecule has 1 aliphatic carbocycles. The molecule has 0 spiro atoms. The van der Waals surface area contributed by atoms with Gasteiger partial charge >= 0.3 is 0 Å². The number of hydrogen-bond acceptors (Lipinski definition) is 4. The van der Waals surface area contributed by atoms with E-state index in [0.717, 1.165) is 37.7 Å². The molecule has 36 heavy (non-hydrogen) atoms. The van der Waals surface area contributed by atoms with Crippen LogP contribution in [0.1, 0.15) is 49.7 Å². The molecule has 0 aromatic heterocycles. The van der Waals surface area contributed by atoms with E-state index in [-0.39, 0.29) is 22.6 Å². The van der Waals surface area contributed by atoms with Gasteiger partial charge in [0.25, 0.3) is 0 Å². The number of carbonyl (C=O) groups is 2. The molecule has 1 N–H and O–H groups in total. The second-order valence-electron chi connectivity index (χ2n) is 10.3. The number of carbonyl (C=O) groups excluding carboxylic acids is 2. The highest BCUT2D eigenvalue weighted by atomic mass is 32.2. The lowest BCUT2D eigenvalue weighted by Crippen LogP contribution is -2.47. The van der Waals surface area contributed by atoms with Crippen LogP contribution in [-0.2, 0) is 32.6 Å². The minimum atomic E-state index is -3.80. The Hall–Kier alpha value is -2.71. The Labute approximate surface area is 213 Å². The van der Waals surface area contributed by atoms with E-state index >= 15 is 0 Å². The number of amides is 2. The van der Waals surface area contributed by atoms with Gasteiger partial charge in [0, 0.05) is 38.1 Å². The Bertz CT molecular complexity index is 1200. The van der Waals surface area contributed by atoms with Crippen molar-refractivity contribution in [2.75, 3.05) is 19.6 Å². The lowest BCUT2D eigenvalue weighted by Gasteiger charge is -2.32. The Balaban J connectivity index is 1.43. The summed E-state index contributed by atoms with van der Waals surface area (Å²) in [4.78, 5) is 29.1. The van der Waals surface area contributed by atoms with E-state index in [4.69, 9.17) is 0 Å². The summed E-state index contributed by atoms with van der Waals surface area (Å²) in [6.07, 6.45) is 5.05. The predicted molar refractivity (Wildman–Crippen MR) is 137 cm³/mol. The molecule has 2 aromatic rings. The van der Waals surface area contributed by atoms with Gasteiger partial charge in [0.15, 0.2) is 0 Å². The first-order valence-electron chi connectivity index (χ1n) is 13.2. The highest BCUT2D eigenvalue weighted by Gasteiger charge is 2.48. The molecule has 0 unspecified atom stereocenters. The number of sulfonamides is 1. The summed E-state index contributed by atoms with van der Waals surface area (Å²) in [6, 6.07) is 16.1. The number of fused-ring (bicyclic) bond motifs is 2. The zero-order chi connectivity index (χ0) is 25.1. The zero-order valence-electron chi connectivity index (χ0n) is 20.6. The van der Waals surface area contributed by atoms with E-state index in [9.17, 15) is 18.0 Å². The summed E-state index contributed by atoms with van der Waals surface area (Å²) in [7, 11) is -3.80. The lowest BCUT2D eigenvalue weighted by atomic mass is 9.97. The smallest absolute Gasteiger partial charge is 0.243 e. The van der Waals surface area contributed by atoms with E-state index in [2.05, 4.69) is 17.4 Å². The quantitative estimate of drug-likeness (QED) is 0.688. The first-order chi connectivity index (χ1) is 17.4. The van der Waals surface area contributed by atoms with Crippen LogP contribution in [-0.4, -0.2) is 55.1 Å². The zero-order valence-corrected chi connectivity index (χ0v) is 21.5. The monoisotopic (exact) mass is 509 g/mol. The van der Waals surface area contributed by atoms with E-state index in [1.165, 1.54) is 9.87 Å². The molecule has 1 saturated carbocycles. The van der Waals surface area contributed by atoms with Gasteiger partial charge in [-0.25, -0.2) is 8.42 Å². The molecule has 2 fully saturated rings. The fourth-order valence-electron chi connectivity index (χ4n) is 6.04. The number of rotatable bonds is 3. The van der Waals surface area contributed by atoms with Crippen molar-refractivity contribution >= 4 is 21.8 Å². The van der Waals surface area contributed by atoms with Gasteiger partial charge in [0.05, 0.1) is 10.8 Å². The third kappa shape index (κ3) is 5.06. The van der Waals surface area contributed by atoms with Crippen molar-refractivity contribution in [2.24, 2.45) is 11.8 Å². The minimum Gasteiger partial charge on any atom is -0.356 e. The van der Waals surface area contributed by atoms with Gasteiger partial charge in [-0.15, -0.1) is 0 Å². The van der Waals surface area contributed by atoms with Crippen LogP contribution in [0.5, 0.6) is 0 Å². The van der Waals surface area contributed by atoms with E-state index < -0.39 is 22.0 Å². The van der Waals surface area contributed by atoms with Crippen molar-refractivity contribution < 1.29 is 18.0 Å². The molecular weight excluding hydrogens is 474 g/mol. The van der Waals surface area contributed by atoms with Crippen LogP contribution in [0, 0.1) is 11.8 Å². The van der Waals surface area contributed by atoms with Gasteiger partial charge in [-0.3, -0.25) is 9.59 Å². The van der Waals surface area contributed by atoms with E-state index in [0.29, 0.717) is 39.0 Å². The maximum Gasteiger partial charge on any atom is 0.243 e. The fraction of sp³-hybridized carbons (Fsp3) is 0.500. The molecule has 2 heterocycles. The molecule has 5 rings (SSSR count). The molecule has 7 nitrogen and oxygen atoms in total. The largest absolute Gasteiger partial charge is 0.356 e. The Morgan fingerprint density at radius 3 is 2.39 bits per heavy atom. The van der Waals surface area contributed by atoms with Gasteiger partial charge in [-0.2, -0.15) is 4.31 Å². The average molecular weight is 510 g/mol. The highest BCUT2D eigenvalue weighted by Crippen LogP contribution is 2.39. The van der Waals surface area contributed by atoms with Crippen LogP contribution in [0.4, 0.5) is 0 Å². The molecule has 3 atom stereocenters. The molecule has 2 amide bonds. The van der Waals surface area contributed by atoms with Gasteiger partial charge in [-0.1, -0.05) is 55.3 Å². The normalized spacial score (nSPS) is 25.8. The SMILES string of the molecule is O=C1NCCCCCCN(S(=O)(=O)c2ccccc2)[C@H]2C[C@H](C(=O)N3CCc4ccccc4C3)C[C@@H]12. The minimum absolute atomic E-state index is 0.0361. The maximum absolute atomic E-state index is 13.8. The second kappa shape index (κ2) is 10.7. The molecule has 192 valence electrons. The van der Waals surface area contributed by atoms with Crippen molar-refractivity contribution in [1.82, 2.24) is 14.5 Å². The average Bonchev–Trinajstić information content (AvgIpc) is 3.33. The second-order valence-corrected chi connectivity index (χ2v) is 12.1. The van der Waals surface area contributed by atoms with Crippen LogP contribution < -0.4 is 5.32 Å². The summed E-state index contributed by atoms with van der Waals surface area (Å²) in [6.45, 7) is 2.18. The third-order valence-electron chi connectivity index (χ3n) is 7.98. The summed E-state index contributed by atoms with van der Waals surface area (Å²) in [5.41, 5.74) is 2.44. The molecule has 0 radical (unpaired) electrons. The number of nitrogens with one attached hydrogen (secondary N) is 1. The first-order valence-corrected chi connectivity index (χ1v) is 14.6. The van der Waals surface area contributed by atoms with Crippen molar-refractivity contribution in [3.05, 3.63) is 65.7 Å². The Morgan fingerprint density at radius 1 is 0.861 bits per heavy atom. The van der Waals surface area contributed by atoms with Gasteiger partial charge in [-0.05, 0) is 55.4 Å². The van der Waals surface area contributed by atoms with Crippen LogP contribution in [0.25, 0.3) is 0 Å². The van der Waals surface area contributed by atoms with Gasteiger partial charge < -0.3 is 10.2 Å². The van der Waals surface area contributed by atoms with Crippen molar-refractivity contribution in [2.45, 2.75) is 62.4 Å². The third-order valence-corrected chi connectivity index (χ3v) is 9.92. The summed E-state index contributed by atoms with van der Waals surface area (Å²) in [5, 5.41) is 3.03. The number of hydrogen-bond donors (Lipinski definition) is 1. The Kier molecular flexibility index (Phi) is 7.44. The lowest BCUT2D eigenvalue weighted by molar-refractivity contribution is -0.136. The molecule has 2 aliphatic heterocycles. The molecule has 2 aromatic carbocycles. The summed E-state index contributed by atoms with van der Waals surface area (Å²) < 4.78 is 29.1. The van der Waals surface area contributed by atoms with Crippen LogP contribution >= 0.6 is 0 Å². The van der Waals surface area contributed by atoms with E-state index in [1.54, 1.807) is 30.3 Å². The molecule has 1 saturated heterocycles. The topological polar surface area (TPSA) is 86.8 Å². The van der Waals surface area contributed by atoms with Crippen LogP contribution in [0.15, 0.2) is 59.5 Å². The maximum atomic E-state index is 13.8. The van der Waals surface area contributed by atoms with E-state index in [1.807, 2.05) is 17.0 Å². The molecule has 3 aliphatic rings. The predicted octanol–water partition coefficient (Wildman–Crippen LogP) is 3.35. The molecule has 0 bridgehead atoms. The van der Waals surface area contributed by atoms with Gasteiger partial charge in [0.2, 0.25) is 21.8 Å². The number of nitrogens with zero attached hydrogens (tertiary/aromatic N) is 2. The highest BCUT2D eigenvalue weighted by molar-refractivity contribution is 7.89. The molecule has 8 heteroatoms. The van der Waals surface area contributed by atoms with Crippen molar-refractivity contribution in [1.29, 1.82) is 0 Å². The summed E-state index contributed by atoms with van der Waals surface area (Å²) in [5.74, 6) is -0.997.